The van der Waals surface area contributed by atoms with Crippen molar-refractivity contribution in [1.82, 2.24) is 15.2 Å². The van der Waals surface area contributed by atoms with Crippen LogP contribution in [0.25, 0.3) is 0 Å². The number of fused-ring (bicyclic) bond motifs is 3. The quantitative estimate of drug-likeness (QED) is 0.798. The maximum absolute atomic E-state index is 14.1. The SMILES string of the molecule is O=C(NCc1ccncc1)[C@@H]1CN(CC2CCOCC2)[C@H]2c3cc(F)ccc3OC[C@@H]12. The minimum atomic E-state index is -0.264. The third kappa shape index (κ3) is 4.29. The van der Waals surface area contributed by atoms with Crippen molar-refractivity contribution in [2.45, 2.75) is 25.4 Å². The van der Waals surface area contributed by atoms with E-state index < -0.39 is 0 Å². The summed E-state index contributed by atoms with van der Waals surface area (Å²) in [5.74, 6) is 0.851. The number of benzene rings is 1. The van der Waals surface area contributed by atoms with Crippen molar-refractivity contribution in [3.8, 4) is 5.75 Å². The lowest BCUT2D eigenvalue weighted by molar-refractivity contribution is -0.126. The van der Waals surface area contributed by atoms with Crippen LogP contribution in [0.2, 0.25) is 0 Å². The van der Waals surface area contributed by atoms with Gasteiger partial charge in [-0.15, -0.1) is 0 Å². The number of rotatable bonds is 5. The van der Waals surface area contributed by atoms with Gasteiger partial charge in [0, 0.05) is 62.8 Å². The lowest BCUT2D eigenvalue weighted by Gasteiger charge is -2.36. The van der Waals surface area contributed by atoms with E-state index in [9.17, 15) is 9.18 Å². The van der Waals surface area contributed by atoms with Gasteiger partial charge in [0.2, 0.25) is 5.91 Å². The first-order chi connectivity index (χ1) is 15.2. The molecule has 2 saturated heterocycles. The molecule has 6 nitrogen and oxygen atoms in total. The lowest BCUT2D eigenvalue weighted by atomic mass is 9.84. The number of nitrogens with zero attached hydrogens (tertiary/aromatic N) is 2. The second kappa shape index (κ2) is 8.93. The van der Waals surface area contributed by atoms with E-state index in [-0.39, 0.29) is 29.6 Å². The molecule has 4 heterocycles. The average molecular weight is 426 g/mol. The first-order valence-electron chi connectivity index (χ1n) is 11.1. The zero-order valence-corrected chi connectivity index (χ0v) is 17.5. The Kier molecular flexibility index (Phi) is 5.87. The Bertz CT molecular complexity index is 920. The van der Waals surface area contributed by atoms with Crippen LogP contribution in [-0.2, 0) is 16.1 Å². The molecule has 1 amide bonds. The van der Waals surface area contributed by atoms with Crippen LogP contribution < -0.4 is 10.1 Å². The number of nitrogens with one attached hydrogen (secondary N) is 1. The zero-order valence-electron chi connectivity index (χ0n) is 17.5. The minimum Gasteiger partial charge on any atom is -0.493 e. The maximum atomic E-state index is 14.1. The monoisotopic (exact) mass is 425 g/mol. The largest absolute Gasteiger partial charge is 0.493 e. The van der Waals surface area contributed by atoms with Gasteiger partial charge in [0.05, 0.1) is 12.5 Å². The molecule has 2 aromatic rings. The van der Waals surface area contributed by atoms with E-state index in [1.165, 1.54) is 6.07 Å². The second-order valence-corrected chi connectivity index (χ2v) is 8.79. The van der Waals surface area contributed by atoms with Crippen LogP contribution in [0.15, 0.2) is 42.7 Å². The van der Waals surface area contributed by atoms with Crippen molar-refractivity contribution in [1.29, 1.82) is 0 Å². The minimum absolute atomic E-state index is 0.000954. The standard InChI is InChI=1S/C24H28FN3O3/c25-18-1-2-22-19(11-18)23-21(15-31-22)20(14-28(23)13-17-5-9-30-10-6-17)24(29)27-12-16-3-7-26-8-4-16/h1-4,7-8,11,17,20-21,23H,5-6,9-10,12-15H2,(H,27,29)/t20-,21+,23+/m1/s1. The number of hydrogen-bond acceptors (Lipinski definition) is 5. The molecule has 0 radical (unpaired) electrons. The Hall–Kier alpha value is -2.51. The summed E-state index contributed by atoms with van der Waals surface area (Å²) >= 11 is 0. The van der Waals surface area contributed by atoms with E-state index >= 15 is 0 Å². The molecule has 3 aliphatic rings. The number of aromatic nitrogens is 1. The van der Waals surface area contributed by atoms with Gasteiger partial charge in [0.25, 0.3) is 0 Å². The predicted octanol–water partition coefficient (Wildman–Crippen LogP) is 2.95. The van der Waals surface area contributed by atoms with E-state index in [4.69, 9.17) is 9.47 Å². The van der Waals surface area contributed by atoms with Gasteiger partial charge in [-0.2, -0.15) is 0 Å². The molecule has 2 fully saturated rings. The molecule has 0 spiro atoms. The van der Waals surface area contributed by atoms with E-state index in [1.54, 1.807) is 24.5 Å². The molecule has 164 valence electrons. The Balaban J connectivity index is 1.37. The molecular formula is C24H28FN3O3. The van der Waals surface area contributed by atoms with Gasteiger partial charge in [-0.05, 0) is 54.7 Å². The topological polar surface area (TPSA) is 63.7 Å². The van der Waals surface area contributed by atoms with E-state index in [1.807, 2.05) is 12.1 Å². The molecule has 31 heavy (non-hydrogen) atoms. The van der Waals surface area contributed by atoms with Gasteiger partial charge < -0.3 is 14.8 Å². The third-order valence-corrected chi connectivity index (χ3v) is 6.86. The van der Waals surface area contributed by atoms with Gasteiger partial charge in [0.1, 0.15) is 11.6 Å². The summed E-state index contributed by atoms with van der Waals surface area (Å²) in [5.41, 5.74) is 1.89. The number of ether oxygens (including phenoxy) is 2. The summed E-state index contributed by atoms with van der Waals surface area (Å²) in [5, 5.41) is 3.09. The van der Waals surface area contributed by atoms with Gasteiger partial charge in [-0.3, -0.25) is 14.7 Å². The Morgan fingerprint density at radius 2 is 2.00 bits per heavy atom. The van der Waals surface area contributed by atoms with Crippen LogP contribution in [0.4, 0.5) is 4.39 Å². The number of amides is 1. The number of pyridine rings is 1. The molecule has 3 atom stereocenters. The highest BCUT2D eigenvalue weighted by Crippen LogP contribution is 2.48. The molecule has 0 unspecified atom stereocenters. The van der Waals surface area contributed by atoms with Crippen LogP contribution in [0.1, 0.15) is 30.0 Å². The predicted molar refractivity (Wildman–Crippen MR) is 113 cm³/mol. The van der Waals surface area contributed by atoms with Gasteiger partial charge >= 0.3 is 0 Å². The number of carbonyl (C=O) groups excluding carboxylic acids is 1. The highest BCUT2D eigenvalue weighted by atomic mass is 19.1. The summed E-state index contributed by atoms with van der Waals surface area (Å²) < 4.78 is 25.6. The van der Waals surface area contributed by atoms with Crippen LogP contribution in [0.5, 0.6) is 5.75 Å². The molecule has 7 heteroatoms. The van der Waals surface area contributed by atoms with Crippen LogP contribution in [0.3, 0.4) is 0 Å². The second-order valence-electron chi connectivity index (χ2n) is 8.79. The Labute approximate surface area is 181 Å². The zero-order chi connectivity index (χ0) is 21.2. The van der Waals surface area contributed by atoms with Crippen molar-refractivity contribution in [3.05, 3.63) is 59.7 Å². The molecule has 1 aromatic heterocycles. The molecule has 0 bridgehead atoms. The van der Waals surface area contributed by atoms with E-state index in [2.05, 4.69) is 15.2 Å². The first kappa shape index (κ1) is 20.4. The first-order valence-corrected chi connectivity index (χ1v) is 11.1. The Morgan fingerprint density at radius 3 is 2.81 bits per heavy atom. The maximum Gasteiger partial charge on any atom is 0.225 e. The van der Waals surface area contributed by atoms with Crippen LogP contribution in [-0.4, -0.2) is 48.7 Å². The fraction of sp³-hybridized carbons (Fsp3) is 0.500. The summed E-state index contributed by atoms with van der Waals surface area (Å²) in [7, 11) is 0. The number of likely N-dealkylation sites (tertiary alicyclic amines) is 1. The summed E-state index contributed by atoms with van der Waals surface area (Å²) in [6, 6.07) is 8.54. The number of hydrogen-bond donors (Lipinski definition) is 1. The summed E-state index contributed by atoms with van der Waals surface area (Å²) in [6.07, 6.45) is 5.50. The number of halogens is 1. The molecule has 3 aliphatic heterocycles. The molecule has 1 aromatic carbocycles. The van der Waals surface area contributed by atoms with E-state index in [0.29, 0.717) is 25.6 Å². The Morgan fingerprint density at radius 1 is 1.19 bits per heavy atom. The molecule has 0 saturated carbocycles. The highest BCUT2D eigenvalue weighted by molar-refractivity contribution is 5.80. The van der Waals surface area contributed by atoms with Crippen molar-refractivity contribution in [2.24, 2.45) is 17.8 Å². The van der Waals surface area contributed by atoms with Crippen molar-refractivity contribution < 1.29 is 18.7 Å². The molecule has 0 aliphatic carbocycles. The third-order valence-electron chi connectivity index (χ3n) is 6.86. The van der Waals surface area contributed by atoms with Crippen molar-refractivity contribution in [2.75, 3.05) is 32.9 Å². The summed E-state index contributed by atoms with van der Waals surface area (Å²) in [6.45, 7) is 4.08. The van der Waals surface area contributed by atoms with Gasteiger partial charge in [0.15, 0.2) is 0 Å². The fourth-order valence-corrected chi connectivity index (χ4v) is 5.24. The average Bonchev–Trinajstić information content (AvgIpc) is 3.17. The normalized spacial score (nSPS) is 26.0. The lowest BCUT2D eigenvalue weighted by Crippen LogP contribution is -2.38. The fourth-order valence-electron chi connectivity index (χ4n) is 5.24. The number of carbonyl (C=O) groups is 1. The smallest absolute Gasteiger partial charge is 0.225 e. The van der Waals surface area contributed by atoms with Crippen molar-refractivity contribution in [3.63, 3.8) is 0 Å². The van der Waals surface area contributed by atoms with E-state index in [0.717, 1.165) is 49.5 Å². The molecule has 5 rings (SSSR count). The highest BCUT2D eigenvalue weighted by Gasteiger charge is 2.49. The van der Waals surface area contributed by atoms with Crippen LogP contribution >= 0.6 is 0 Å². The van der Waals surface area contributed by atoms with Crippen LogP contribution in [0, 0.1) is 23.6 Å². The molecule has 1 N–H and O–H groups in total. The van der Waals surface area contributed by atoms with Crippen molar-refractivity contribution >= 4 is 5.91 Å². The van der Waals surface area contributed by atoms with Gasteiger partial charge in [-0.1, -0.05) is 0 Å². The summed E-state index contributed by atoms with van der Waals surface area (Å²) in [4.78, 5) is 19.6. The van der Waals surface area contributed by atoms with Gasteiger partial charge in [-0.25, -0.2) is 4.39 Å². The molecular weight excluding hydrogens is 397 g/mol.